The maximum atomic E-state index is 14.1. The summed E-state index contributed by atoms with van der Waals surface area (Å²) in [6.07, 6.45) is 1.76. The first-order valence-corrected chi connectivity index (χ1v) is 17.1. The number of carbonyl (C=O) groups is 5. The van der Waals surface area contributed by atoms with Crippen LogP contribution in [-0.2, 0) is 19.1 Å². The van der Waals surface area contributed by atoms with E-state index >= 15 is 0 Å². The molecule has 268 valence electrons. The highest BCUT2D eigenvalue weighted by molar-refractivity contribution is 6.33. The van der Waals surface area contributed by atoms with Gasteiger partial charge in [-0.15, -0.1) is 0 Å². The average Bonchev–Trinajstić information content (AvgIpc) is 3.47. The number of amides is 5. The summed E-state index contributed by atoms with van der Waals surface area (Å²) in [4.78, 5) is 74.8. The monoisotopic (exact) mass is 707 g/mol. The van der Waals surface area contributed by atoms with Gasteiger partial charge in [-0.2, -0.15) is 4.90 Å². The van der Waals surface area contributed by atoms with Crippen molar-refractivity contribution in [1.29, 1.82) is 0 Å². The molecule has 0 radical (unpaired) electrons. The second-order valence-corrected chi connectivity index (χ2v) is 14.7. The highest BCUT2D eigenvalue weighted by Gasteiger charge is 2.37. The Bertz CT molecular complexity index is 1700. The Morgan fingerprint density at radius 3 is 2.08 bits per heavy atom. The van der Waals surface area contributed by atoms with Crippen LogP contribution in [0.25, 0.3) is 17.2 Å². The second-order valence-electron chi connectivity index (χ2n) is 14.3. The summed E-state index contributed by atoms with van der Waals surface area (Å²) < 4.78 is 11.2. The van der Waals surface area contributed by atoms with Gasteiger partial charge in [-0.25, -0.2) is 14.6 Å². The number of hydrogen-bond acceptors (Lipinski definition) is 8. The highest BCUT2D eigenvalue weighted by atomic mass is 35.5. The van der Waals surface area contributed by atoms with E-state index in [0.717, 1.165) is 12.8 Å². The smallest absolute Gasteiger partial charge is 0.425 e. The van der Waals surface area contributed by atoms with E-state index in [1.807, 2.05) is 11.8 Å². The van der Waals surface area contributed by atoms with E-state index in [1.54, 1.807) is 84.0 Å². The first kappa shape index (κ1) is 38.1. The number of carbonyl (C=O) groups excluding carboxylic acids is 5. The number of halogens is 1. The minimum absolute atomic E-state index is 0.0713. The Morgan fingerprint density at radius 1 is 0.920 bits per heavy atom. The predicted octanol–water partition coefficient (Wildman–Crippen LogP) is 6.96. The molecule has 0 spiro atoms. The molecule has 0 unspecified atom stereocenters. The van der Waals surface area contributed by atoms with Crippen molar-refractivity contribution in [1.82, 2.24) is 14.7 Å². The highest BCUT2D eigenvalue weighted by Crippen LogP contribution is 2.36. The topological polar surface area (TPSA) is 152 Å². The van der Waals surface area contributed by atoms with Gasteiger partial charge in [0.15, 0.2) is 0 Å². The molecule has 13 heteroatoms. The lowest BCUT2D eigenvalue weighted by molar-refractivity contribution is -0.132. The number of imide groups is 1. The third kappa shape index (κ3) is 9.71. The van der Waals surface area contributed by atoms with Crippen molar-refractivity contribution in [3.05, 3.63) is 58.1 Å². The Kier molecular flexibility index (Phi) is 11.8. The lowest BCUT2D eigenvalue weighted by Crippen LogP contribution is -2.47. The molecule has 5 amide bonds. The fraction of sp³-hybridized carbons (Fsp3) is 0.459. The molecule has 0 bridgehead atoms. The first-order valence-electron chi connectivity index (χ1n) is 16.7. The molecule has 1 fully saturated rings. The number of fused-ring (bicyclic) bond motifs is 1. The van der Waals surface area contributed by atoms with E-state index in [2.05, 4.69) is 0 Å². The molecule has 12 nitrogen and oxygen atoms in total. The fourth-order valence-corrected chi connectivity index (χ4v) is 5.88. The summed E-state index contributed by atoms with van der Waals surface area (Å²) in [5.41, 5.74) is 6.33. The van der Waals surface area contributed by atoms with E-state index in [-0.39, 0.29) is 36.8 Å². The number of nitrogens with two attached hydrogens (primary N) is 1. The summed E-state index contributed by atoms with van der Waals surface area (Å²) in [6, 6.07) is 10.4. The number of hydrogen-bond donors (Lipinski definition) is 1. The van der Waals surface area contributed by atoms with Crippen molar-refractivity contribution in [2.24, 2.45) is 10.7 Å². The summed E-state index contributed by atoms with van der Waals surface area (Å²) in [5.74, 6) is -1.40. The lowest BCUT2D eigenvalue weighted by atomic mass is 9.98. The zero-order valence-corrected chi connectivity index (χ0v) is 30.6. The molecular weight excluding hydrogens is 662 g/mol. The molecule has 0 saturated carbocycles. The van der Waals surface area contributed by atoms with Crippen molar-refractivity contribution in [2.75, 3.05) is 26.2 Å². The van der Waals surface area contributed by atoms with Gasteiger partial charge in [-0.3, -0.25) is 14.4 Å². The van der Waals surface area contributed by atoms with E-state index in [1.165, 1.54) is 4.90 Å². The molecule has 50 heavy (non-hydrogen) atoms. The van der Waals surface area contributed by atoms with E-state index < -0.39 is 35.2 Å². The number of ether oxygens (including phenoxy) is 2. The number of likely N-dealkylation sites (tertiary alicyclic amines) is 1. The van der Waals surface area contributed by atoms with Gasteiger partial charge in [-0.1, -0.05) is 30.7 Å². The van der Waals surface area contributed by atoms with Crippen LogP contribution in [0.5, 0.6) is 0 Å². The molecule has 2 aromatic carbocycles. The van der Waals surface area contributed by atoms with Crippen LogP contribution in [-0.4, -0.2) is 87.8 Å². The molecular formula is C37H46ClN5O7. The SMILES string of the molecule is CCCN(CC(N)=O)C(=O)C1=Cc2cc(-c3ccc(C(=O)N4CCCC4)cc3Cl)ccc2N=C(N(C(=O)OC(C)(C)C)C(=O)OC(C)(C)C)C1. The molecule has 2 heterocycles. The second kappa shape index (κ2) is 15.5. The normalized spacial score (nSPS) is 14.5. The predicted molar refractivity (Wildman–Crippen MR) is 192 cm³/mol. The number of benzene rings is 2. The maximum absolute atomic E-state index is 14.1. The Hall–Kier alpha value is -4.71. The molecule has 2 N–H and O–H groups in total. The minimum Gasteiger partial charge on any atom is -0.443 e. The molecule has 2 aromatic rings. The van der Waals surface area contributed by atoms with E-state index in [4.69, 9.17) is 31.8 Å². The van der Waals surface area contributed by atoms with Crippen LogP contribution in [0.15, 0.2) is 47.0 Å². The zero-order valence-electron chi connectivity index (χ0n) is 29.8. The van der Waals surface area contributed by atoms with Crippen LogP contribution in [0, 0.1) is 0 Å². The van der Waals surface area contributed by atoms with E-state index in [9.17, 15) is 24.0 Å². The Labute approximate surface area is 298 Å². The molecule has 0 atom stereocenters. The largest absolute Gasteiger partial charge is 0.443 e. The van der Waals surface area contributed by atoms with Crippen LogP contribution in [0.1, 0.15) is 90.1 Å². The van der Waals surface area contributed by atoms with Crippen molar-refractivity contribution in [3.63, 3.8) is 0 Å². The summed E-state index contributed by atoms with van der Waals surface area (Å²) >= 11 is 6.75. The van der Waals surface area contributed by atoms with Crippen LogP contribution >= 0.6 is 11.6 Å². The third-order valence-corrected chi connectivity index (χ3v) is 8.00. The molecule has 0 aliphatic carbocycles. The van der Waals surface area contributed by atoms with Crippen molar-refractivity contribution in [3.8, 4) is 11.1 Å². The number of rotatable bonds is 7. The summed E-state index contributed by atoms with van der Waals surface area (Å²) in [5, 5.41) is 0.365. The van der Waals surface area contributed by atoms with Gasteiger partial charge < -0.3 is 25.0 Å². The van der Waals surface area contributed by atoms with Gasteiger partial charge >= 0.3 is 12.2 Å². The van der Waals surface area contributed by atoms with Gasteiger partial charge in [0, 0.05) is 53.3 Å². The van der Waals surface area contributed by atoms with E-state index in [0.29, 0.717) is 57.4 Å². The lowest BCUT2D eigenvalue weighted by Gasteiger charge is -2.29. The Morgan fingerprint density at radius 2 is 1.54 bits per heavy atom. The van der Waals surface area contributed by atoms with Gasteiger partial charge in [0.1, 0.15) is 17.0 Å². The third-order valence-electron chi connectivity index (χ3n) is 7.69. The van der Waals surface area contributed by atoms with Crippen LogP contribution < -0.4 is 5.73 Å². The Balaban J connectivity index is 1.85. The molecule has 2 aliphatic rings. The summed E-state index contributed by atoms with van der Waals surface area (Å²) in [7, 11) is 0. The average molecular weight is 708 g/mol. The molecule has 2 aliphatic heterocycles. The number of amidine groups is 1. The number of nitrogens with zero attached hydrogens (tertiary/aromatic N) is 4. The standard InChI is InChI=1S/C37H46ClN5O7/c1-8-15-42(22-30(39)44)33(46)26-19-25-18-23(27-13-11-24(20-28(27)38)32(45)41-16-9-10-17-41)12-14-29(25)40-31(21-26)43(34(47)49-36(2,3)4)35(48)50-37(5,6)7/h11-14,18-20H,8-10,15-17,21-22H2,1-7H3,(H2,39,44). The summed E-state index contributed by atoms with van der Waals surface area (Å²) in [6.45, 7) is 13.1. The number of primary amides is 1. The molecule has 1 saturated heterocycles. The first-order chi connectivity index (χ1) is 23.4. The van der Waals surface area contributed by atoms with Crippen molar-refractivity contribution in [2.45, 2.75) is 85.4 Å². The van der Waals surface area contributed by atoms with Crippen molar-refractivity contribution >= 4 is 59.1 Å². The van der Waals surface area contributed by atoms with Crippen molar-refractivity contribution < 1.29 is 33.4 Å². The van der Waals surface area contributed by atoms with Gasteiger partial charge in [-0.05, 0) is 96.7 Å². The van der Waals surface area contributed by atoms with Crippen LogP contribution in [0.2, 0.25) is 5.02 Å². The van der Waals surface area contributed by atoms with Crippen LogP contribution in [0.3, 0.4) is 0 Å². The minimum atomic E-state index is -1.03. The fourth-order valence-electron chi connectivity index (χ4n) is 5.59. The maximum Gasteiger partial charge on any atom is 0.425 e. The zero-order chi connectivity index (χ0) is 37.0. The van der Waals surface area contributed by atoms with Crippen LogP contribution in [0.4, 0.5) is 15.3 Å². The number of aliphatic imine (C=N–C) groups is 1. The quantitative estimate of drug-likeness (QED) is 0.327. The van der Waals surface area contributed by atoms with Gasteiger partial charge in [0.25, 0.3) is 11.8 Å². The van der Waals surface area contributed by atoms with Gasteiger partial charge in [0.05, 0.1) is 12.2 Å². The van der Waals surface area contributed by atoms with Gasteiger partial charge in [0.2, 0.25) is 5.91 Å². The molecule has 4 rings (SSSR count). The molecule has 0 aromatic heterocycles.